The van der Waals surface area contributed by atoms with Crippen LogP contribution in [0.1, 0.15) is 30.2 Å². The van der Waals surface area contributed by atoms with Crippen molar-refractivity contribution >= 4 is 29.1 Å². The molecule has 1 aromatic heterocycles. The zero-order chi connectivity index (χ0) is 10.8. The second kappa shape index (κ2) is 4.19. The van der Waals surface area contributed by atoms with Crippen molar-refractivity contribution in [1.82, 2.24) is 0 Å². The second-order valence-corrected chi connectivity index (χ2v) is 5.00. The van der Waals surface area contributed by atoms with Gasteiger partial charge in [-0.2, -0.15) is 0 Å². The monoisotopic (exact) mass is 216 g/mol. The van der Waals surface area contributed by atoms with Crippen LogP contribution in [0.3, 0.4) is 0 Å². The van der Waals surface area contributed by atoms with Gasteiger partial charge in [0, 0.05) is 9.41 Å². The van der Waals surface area contributed by atoms with Crippen LogP contribution in [0, 0.1) is 6.92 Å². The van der Waals surface area contributed by atoms with E-state index in [0.717, 1.165) is 0 Å². The highest BCUT2D eigenvalue weighted by Crippen LogP contribution is 2.15. The largest absolute Gasteiger partial charge is 0.136 e. The van der Waals surface area contributed by atoms with Crippen LogP contribution >= 0.6 is 11.3 Å². The molecule has 1 aliphatic carbocycles. The Hall–Kier alpha value is -1.08. The smallest absolute Gasteiger partial charge is 0.0338 e. The van der Waals surface area contributed by atoms with E-state index in [4.69, 9.17) is 0 Å². The maximum absolute atomic E-state index is 3.71. The molecule has 15 heavy (non-hydrogen) atoms. The van der Waals surface area contributed by atoms with Crippen molar-refractivity contribution in [2.24, 2.45) is 0 Å². The average molecular weight is 216 g/mol. The molecule has 1 heterocycles. The van der Waals surface area contributed by atoms with Gasteiger partial charge in [0.25, 0.3) is 0 Å². The van der Waals surface area contributed by atoms with Crippen molar-refractivity contribution < 1.29 is 0 Å². The Morgan fingerprint density at radius 1 is 1.40 bits per heavy atom. The third-order valence-corrected chi connectivity index (χ3v) is 4.30. The van der Waals surface area contributed by atoms with Gasteiger partial charge in [-0.25, -0.2) is 0 Å². The zero-order valence-corrected chi connectivity index (χ0v) is 10.2. The van der Waals surface area contributed by atoms with E-state index >= 15 is 0 Å². The summed E-state index contributed by atoms with van der Waals surface area (Å²) >= 11 is 1.91. The molecule has 0 aliphatic heterocycles. The molecule has 0 aromatic carbocycles. The fourth-order valence-electron chi connectivity index (χ4n) is 1.97. The van der Waals surface area contributed by atoms with Gasteiger partial charge in [0.2, 0.25) is 0 Å². The Labute approximate surface area is 95.0 Å². The van der Waals surface area contributed by atoms with E-state index in [1.54, 1.807) is 5.57 Å². The molecule has 0 amide bonds. The molecule has 0 fully saturated rings. The summed E-state index contributed by atoms with van der Waals surface area (Å²) in [7, 11) is 0. The first kappa shape index (κ1) is 10.4. The van der Waals surface area contributed by atoms with Gasteiger partial charge >= 0.3 is 0 Å². The summed E-state index contributed by atoms with van der Waals surface area (Å²) in [5.74, 6) is 0. The second-order valence-electron chi connectivity index (χ2n) is 3.95. The lowest BCUT2D eigenvalue weighted by Crippen LogP contribution is -2.25. The maximum atomic E-state index is 3.71. The van der Waals surface area contributed by atoms with E-state index in [2.05, 4.69) is 32.6 Å². The molecule has 1 aromatic rings. The van der Waals surface area contributed by atoms with Crippen molar-refractivity contribution in [3.05, 3.63) is 38.9 Å². The lowest BCUT2D eigenvalue weighted by atomic mass is 10.0. The minimum Gasteiger partial charge on any atom is -0.136 e. The topological polar surface area (TPSA) is 0 Å². The minimum absolute atomic E-state index is 1.20. The van der Waals surface area contributed by atoms with Crippen LogP contribution in [0.5, 0.6) is 0 Å². The summed E-state index contributed by atoms with van der Waals surface area (Å²) in [6.45, 7) is 8.18. The van der Waals surface area contributed by atoms with E-state index in [-0.39, 0.29) is 0 Å². The molecule has 0 radical (unpaired) electrons. The highest BCUT2D eigenvalue weighted by molar-refractivity contribution is 7.11. The standard InChI is InChI=1S/C14H16S/c1-4-5-9-13-11(3)12-8-6-7-10(2)14(12)15-13/h4-5,8-9H,1,6-7H2,2-3H3/b9-5-. The maximum Gasteiger partial charge on any atom is 0.0338 e. The molecule has 1 heteroatoms. The van der Waals surface area contributed by atoms with E-state index in [0.29, 0.717) is 0 Å². The van der Waals surface area contributed by atoms with E-state index in [1.807, 2.05) is 23.5 Å². The lowest BCUT2D eigenvalue weighted by Gasteiger charge is -2.01. The molecule has 0 bridgehead atoms. The molecular formula is C14H16S. The van der Waals surface area contributed by atoms with Crippen molar-refractivity contribution in [3.8, 4) is 0 Å². The Kier molecular flexibility index (Phi) is 2.92. The van der Waals surface area contributed by atoms with Crippen molar-refractivity contribution in [3.63, 3.8) is 0 Å². The third-order valence-electron chi connectivity index (χ3n) is 2.87. The first-order valence-corrected chi connectivity index (χ1v) is 6.14. The summed E-state index contributed by atoms with van der Waals surface area (Å²) in [5, 5.41) is 1.47. The molecule has 0 spiro atoms. The Balaban J connectivity index is 2.69. The van der Waals surface area contributed by atoms with Crippen LogP contribution in [-0.4, -0.2) is 0 Å². The summed E-state index contributed by atoms with van der Waals surface area (Å²) in [6, 6.07) is 0. The molecular weight excluding hydrogens is 200 g/mol. The summed E-state index contributed by atoms with van der Waals surface area (Å²) in [6.07, 6.45) is 10.8. The number of allylic oxidation sites excluding steroid dienone is 2. The van der Waals surface area contributed by atoms with Gasteiger partial charge in [-0.3, -0.25) is 0 Å². The molecule has 2 rings (SSSR count). The average Bonchev–Trinajstić information content (AvgIpc) is 2.55. The fourth-order valence-corrected chi connectivity index (χ4v) is 3.22. The highest BCUT2D eigenvalue weighted by atomic mass is 32.1. The van der Waals surface area contributed by atoms with Crippen LogP contribution in [0.15, 0.2) is 18.7 Å². The van der Waals surface area contributed by atoms with Crippen LogP contribution in [0.2, 0.25) is 0 Å². The molecule has 0 unspecified atom stereocenters. The van der Waals surface area contributed by atoms with Gasteiger partial charge in [-0.1, -0.05) is 30.4 Å². The highest BCUT2D eigenvalue weighted by Gasteiger charge is 2.07. The Morgan fingerprint density at radius 2 is 2.20 bits per heavy atom. The minimum atomic E-state index is 1.20. The third kappa shape index (κ3) is 1.84. The fraction of sp³-hybridized carbons (Fsp3) is 0.286. The summed E-state index contributed by atoms with van der Waals surface area (Å²) in [5.41, 5.74) is 2.96. The van der Waals surface area contributed by atoms with Crippen LogP contribution < -0.4 is 9.75 Å². The number of hydrogen-bond donors (Lipinski definition) is 0. The molecule has 0 atom stereocenters. The van der Waals surface area contributed by atoms with E-state index < -0.39 is 0 Å². The summed E-state index contributed by atoms with van der Waals surface area (Å²) < 4.78 is 1.49. The first-order valence-electron chi connectivity index (χ1n) is 5.32. The van der Waals surface area contributed by atoms with Crippen molar-refractivity contribution in [1.29, 1.82) is 0 Å². The molecule has 0 N–H and O–H groups in total. The predicted molar refractivity (Wildman–Crippen MR) is 70.3 cm³/mol. The lowest BCUT2D eigenvalue weighted by molar-refractivity contribution is 1.07. The Bertz CT molecular complexity index is 526. The number of fused-ring (bicyclic) bond motifs is 1. The molecule has 0 saturated heterocycles. The zero-order valence-electron chi connectivity index (χ0n) is 9.34. The van der Waals surface area contributed by atoms with Crippen molar-refractivity contribution in [2.45, 2.75) is 26.7 Å². The molecule has 0 nitrogen and oxygen atoms in total. The first-order chi connectivity index (χ1) is 7.24. The van der Waals surface area contributed by atoms with Gasteiger partial charge in [-0.05, 0) is 43.5 Å². The van der Waals surface area contributed by atoms with Gasteiger partial charge < -0.3 is 0 Å². The number of rotatable bonds is 2. The van der Waals surface area contributed by atoms with E-state index in [1.165, 1.54) is 33.0 Å². The van der Waals surface area contributed by atoms with Crippen LogP contribution in [0.25, 0.3) is 17.7 Å². The SMILES string of the molecule is C=C/C=C\c1sc2c(c1C)=CCCC=2C. The normalized spacial score (nSPS) is 15.2. The van der Waals surface area contributed by atoms with Gasteiger partial charge in [0.1, 0.15) is 0 Å². The van der Waals surface area contributed by atoms with Gasteiger partial charge in [0.15, 0.2) is 0 Å². The molecule has 0 saturated carbocycles. The van der Waals surface area contributed by atoms with Crippen LogP contribution in [-0.2, 0) is 0 Å². The summed E-state index contributed by atoms with van der Waals surface area (Å²) in [4.78, 5) is 1.37. The van der Waals surface area contributed by atoms with E-state index in [9.17, 15) is 0 Å². The van der Waals surface area contributed by atoms with Gasteiger partial charge in [-0.15, -0.1) is 11.3 Å². The predicted octanol–water partition coefficient (Wildman–Crippen LogP) is 3.00. The van der Waals surface area contributed by atoms with Crippen molar-refractivity contribution in [2.75, 3.05) is 0 Å². The quantitative estimate of drug-likeness (QED) is 0.667. The van der Waals surface area contributed by atoms with Crippen LogP contribution in [0.4, 0.5) is 0 Å². The Morgan fingerprint density at radius 3 is 2.87 bits per heavy atom. The molecule has 78 valence electrons. The number of hydrogen-bond acceptors (Lipinski definition) is 1. The molecule has 1 aliphatic rings. The van der Waals surface area contributed by atoms with Gasteiger partial charge in [0.05, 0.1) is 0 Å². The number of thiophene rings is 1.